The Labute approximate surface area is 682 Å². The number of hydrogen-bond donors (Lipinski definition) is 6. The van der Waals surface area contributed by atoms with Gasteiger partial charge >= 0.3 is 0 Å². The predicted molar refractivity (Wildman–Crippen MR) is 455 cm³/mol. The van der Waals surface area contributed by atoms with Gasteiger partial charge in [0.25, 0.3) is 0 Å². The van der Waals surface area contributed by atoms with Crippen molar-refractivity contribution in [2.24, 2.45) is 0 Å². The molecule has 6 aliphatic heterocycles. The standard InChI is InChI=1S/2C27H32N8O2S.C26H30N8O4S2/c2*1-2-24(36)28-6-7-33-8-10-34(11-9-33)18-19-16-23-25(38-19)27(35-12-14-37-15-13-35)31-26(30-23)20-4-3-5-22-21(20)17-29-32-22;1-2-23(35)27-17-40(36,37)34-8-6-32(7-9-34)16-18-14-22-24(39-18)26(33-10-12-38-13-11-33)30-25(29-22)19-4-3-5-21-20(19)15-28-31-21/h2*2-5,16-17H,1,6-15,18H2,(H,28,36)(H,29,32);2-5,14-15H,1,6-13,16-17H2,(H,27,35)(H,28,31). The summed E-state index contributed by atoms with van der Waals surface area (Å²) in [7, 11) is -3.58. The number of morpholine rings is 3. The number of thiophene rings is 3. The Kier molecular flexibility index (Phi) is 25.4. The monoisotopic (exact) mass is 1650 g/mol. The lowest BCUT2D eigenvalue weighted by Gasteiger charge is -2.34. The van der Waals surface area contributed by atoms with Gasteiger partial charge in [-0.25, -0.2) is 38.3 Å². The molecule has 6 saturated heterocycles. The summed E-state index contributed by atoms with van der Waals surface area (Å²) in [6.07, 6.45) is 9.20. The summed E-state index contributed by atoms with van der Waals surface area (Å²) in [6, 6.07) is 24.8. The fourth-order valence-corrected chi connectivity index (χ4v) is 20.0. The number of nitrogens with zero attached hydrogens (tertiary/aromatic N) is 18. The van der Waals surface area contributed by atoms with Crippen LogP contribution >= 0.6 is 34.0 Å². The number of carbonyl (C=O) groups excluding carboxylic acids is 3. The maximum Gasteiger partial charge on any atom is 0.244 e. The summed E-state index contributed by atoms with van der Waals surface area (Å²) < 4.78 is 46.8. The molecule has 606 valence electrons. The first kappa shape index (κ1) is 79.6. The molecule has 6 N–H and O–H groups in total. The molecular weight excluding hydrogens is 1550 g/mol. The van der Waals surface area contributed by atoms with Gasteiger partial charge in [0.1, 0.15) is 5.88 Å². The van der Waals surface area contributed by atoms with Gasteiger partial charge in [0, 0.05) is 211 Å². The number of anilines is 3. The molecule has 0 saturated carbocycles. The number of aromatic nitrogens is 12. The predicted octanol–water partition coefficient (Wildman–Crippen LogP) is 6.76. The van der Waals surface area contributed by atoms with Gasteiger partial charge in [-0.15, -0.1) is 34.0 Å². The van der Waals surface area contributed by atoms with Crippen LogP contribution in [0.2, 0.25) is 0 Å². The summed E-state index contributed by atoms with van der Waals surface area (Å²) in [6.45, 7) is 34.7. The first-order valence-electron chi connectivity index (χ1n) is 39.2. The molecule has 3 aromatic carbocycles. The zero-order valence-corrected chi connectivity index (χ0v) is 67.9. The van der Waals surface area contributed by atoms with Crippen LogP contribution in [-0.4, -0.2) is 305 Å². The maximum atomic E-state index is 12.6. The van der Waals surface area contributed by atoms with Crippen LogP contribution in [0.15, 0.2) is 129 Å². The van der Waals surface area contributed by atoms with E-state index in [1.807, 2.05) is 54.9 Å². The van der Waals surface area contributed by atoms with E-state index in [-0.39, 0.29) is 11.8 Å². The Morgan fingerprint density at radius 1 is 0.414 bits per heavy atom. The van der Waals surface area contributed by atoms with Crippen molar-refractivity contribution in [3.05, 3.63) is 144 Å². The minimum atomic E-state index is -3.58. The van der Waals surface area contributed by atoms with Crippen LogP contribution in [-0.2, 0) is 58.3 Å². The molecule has 116 heavy (non-hydrogen) atoms. The van der Waals surface area contributed by atoms with Crippen LogP contribution < -0.4 is 30.7 Å². The molecule has 0 aliphatic carbocycles. The molecule has 0 unspecified atom stereocenters. The van der Waals surface area contributed by atoms with Crippen LogP contribution in [0.1, 0.15) is 14.6 Å². The highest BCUT2D eigenvalue weighted by atomic mass is 32.2. The smallest absolute Gasteiger partial charge is 0.244 e. The number of benzene rings is 3. The van der Waals surface area contributed by atoms with E-state index in [9.17, 15) is 22.8 Å². The van der Waals surface area contributed by atoms with Gasteiger partial charge in [0.2, 0.25) is 27.7 Å². The molecule has 0 atom stereocenters. The fourth-order valence-electron chi connectivity index (χ4n) is 15.3. The number of H-pyrrole nitrogens is 3. The van der Waals surface area contributed by atoms with Crippen molar-refractivity contribution in [2.45, 2.75) is 19.6 Å². The second-order valence-electron chi connectivity index (χ2n) is 29.0. The zero-order valence-electron chi connectivity index (χ0n) is 64.6. The van der Waals surface area contributed by atoms with Crippen molar-refractivity contribution in [1.82, 2.24) is 105 Å². The first-order chi connectivity index (χ1) is 56.8. The number of amides is 3. The topological polar surface area (TPSA) is 342 Å². The zero-order chi connectivity index (χ0) is 79.5. The van der Waals surface area contributed by atoms with Crippen molar-refractivity contribution in [1.29, 1.82) is 0 Å². The summed E-state index contributed by atoms with van der Waals surface area (Å²) in [4.78, 5) is 87.2. The van der Waals surface area contributed by atoms with Crippen molar-refractivity contribution < 1.29 is 37.0 Å². The van der Waals surface area contributed by atoms with E-state index in [2.05, 4.69) is 136 Å². The van der Waals surface area contributed by atoms with Gasteiger partial charge in [0.15, 0.2) is 34.9 Å². The number of fused-ring (bicyclic) bond motifs is 6. The van der Waals surface area contributed by atoms with Crippen LogP contribution in [0.25, 0.3) is 97.5 Å². The van der Waals surface area contributed by atoms with E-state index < -0.39 is 21.8 Å². The Bertz CT molecular complexity index is 5390. The highest BCUT2D eigenvalue weighted by molar-refractivity contribution is 7.89. The van der Waals surface area contributed by atoms with Gasteiger partial charge in [-0.2, -0.15) is 19.6 Å². The third kappa shape index (κ3) is 18.8. The fraction of sp³-hybridized carbons (Fsp3) is 0.400. The number of nitrogens with one attached hydrogen (secondary N) is 6. The molecule has 9 aromatic heterocycles. The third-order valence-electron chi connectivity index (χ3n) is 21.6. The highest BCUT2D eigenvalue weighted by Crippen LogP contribution is 2.41. The van der Waals surface area contributed by atoms with Crippen molar-refractivity contribution in [3.8, 4) is 34.2 Å². The highest BCUT2D eigenvalue weighted by Gasteiger charge is 2.31. The molecule has 3 amide bonds. The number of aromatic amines is 3. The molecule has 32 nitrogen and oxygen atoms in total. The first-order valence-corrected chi connectivity index (χ1v) is 43.3. The third-order valence-corrected chi connectivity index (χ3v) is 26.5. The number of piperazine rings is 3. The van der Waals surface area contributed by atoms with E-state index in [0.29, 0.717) is 91.3 Å². The van der Waals surface area contributed by atoms with Crippen LogP contribution in [0.3, 0.4) is 0 Å². The molecule has 0 bridgehead atoms. The molecule has 6 fully saturated rings. The van der Waals surface area contributed by atoms with E-state index in [1.54, 1.807) is 40.2 Å². The lowest BCUT2D eigenvalue weighted by atomic mass is 10.1. The van der Waals surface area contributed by atoms with Crippen molar-refractivity contribution in [2.75, 3.05) is 204 Å². The SMILES string of the molecule is C=CC(=O)NCCN1CCN(Cc2cc3nc(-c4cccc5[nH]ncc45)nc(N4CCOCC4)c3s2)CC1.C=CC(=O)NCCN1CCN(Cc2cc3nc(-c4cccc5[nH]ncc45)nc(N4CCOCC4)c3s2)CC1.C=CC(=O)NCS(=O)(=O)N1CCN(Cc2cc3nc(-c4cccc5[nH]ncc45)nc(N4CCOCC4)c3s2)CC1. The molecule has 36 heteroatoms. The lowest BCUT2D eigenvalue weighted by molar-refractivity contribution is -0.117. The number of sulfonamides is 1. The van der Waals surface area contributed by atoms with E-state index >= 15 is 0 Å². The van der Waals surface area contributed by atoms with E-state index in [0.717, 1.165) is 238 Å². The van der Waals surface area contributed by atoms with Gasteiger partial charge in [-0.3, -0.25) is 54.2 Å². The second-order valence-corrected chi connectivity index (χ2v) is 34.4. The summed E-state index contributed by atoms with van der Waals surface area (Å²) in [5.41, 5.74) is 8.68. The number of rotatable bonds is 24. The van der Waals surface area contributed by atoms with E-state index in [1.165, 1.54) is 26.2 Å². The Morgan fingerprint density at radius 3 is 1.05 bits per heavy atom. The largest absolute Gasteiger partial charge is 0.378 e. The molecule has 15 heterocycles. The van der Waals surface area contributed by atoms with Crippen molar-refractivity contribution >= 4 is 143 Å². The normalized spacial score (nSPS) is 17.4. The minimum Gasteiger partial charge on any atom is -0.378 e. The van der Waals surface area contributed by atoms with Gasteiger partial charge in [-0.05, 0) is 54.6 Å². The quantitative estimate of drug-likeness (QED) is 0.0340. The molecule has 6 aliphatic rings. The molecule has 12 aromatic rings. The summed E-state index contributed by atoms with van der Waals surface area (Å²) in [5.74, 6) is 3.87. The number of ether oxygens (including phenoxy) is 3. The average Bonchev–Trinajstić information content (AvgIpc) is 1.54. The summed E-state index contributed by atoms with van der Waals surface area (Å²) in [5, 5.41) is 32.9. The van der Waals surface area contributed by atoms with Crippen molar-refractivity contribution in [3.63, 3.8) is 0 Å². The van der Waals surface area contributed by atoms with Gasteiger partial charge in [-0.1, -0.05) is 56.1 Å². The van der Waals surface area contributed by atoms with Crippen LogP contribution in [0.5, 0.6) is 0 Å². The van der Waals surface area contributed by atoms with Crippen LogP contribution in [0, 0.1) is 0 Å². The molecular formula is C80H94N24O8S4. The Hall–Kier alpha value is -10.2. The van der Waals surface area contributed by atoms with Crippen LogP contribution in [0.4, 0.5) is 17.5 Å². The second kappa shape index (κ2) is 37.0. The molecule has 18 rings (SSSR count). The van der Waals surface area contributed by atoms with Gasteiger partial charge in [0.05, 0.1) is 105 Å². The Morgan fingerprint density at radius 2 is 0.724 bits per heavy atom. The number of hydrogen-bond acceptors (Lipinski definition) is 28. The van der Waals surface area contributed by atoms with E-state index in [4.69, 9.17) is 44.1 Å². The average molecular weight is 1650 g/mol. The molecule has 0 spiro atoms. The molecule has 0 radical (unpaired) electrons. The maximum absolute atomic E-state index is 12.6. The summed E-state index contributed by atoms with van der Waals surface area (Å²) >= 11 is 5.29. The lowest BCUT2D eigenvalue weighted by Crippen LogP contribution is -2.50. The van der Waals surface area contributed by atoms with Gasteiger partial charge < -0.3 is 44.9 Å². The Balaban J connectivity index is 0.000000131. The number of carbonyl (C=O) groups is 3. The minimum absolute atomic E-state index is 0.113.